The largest absolute Gasteiger partial charge is 0.423 e. The van der Waals surface area contributed by atoms with E-state index in [0.29, 0.717) is 9.86 Å². The molecule has 0 aliphatic carbocycles. The SMILES string of the molecule is Cn1cc(Br)cc1C(=O)NNS(=O)(=O)c1ccc2oc(=O)ccc2c1. The number of carbonyl (C=O) groups excluding carboxylic acids is 1. The molecular formula is C15H12BrN3O5S. The summed E-state index contributed by atoms with van der Waals surface area (Å²) in [5.41, 5.74) is 2.17. The Bertz CT molecular complexity index is 1130. The number of halogens is 1. The van der Waals surface area contributed by atoms with Gasteiger partial charge in [0.05, 0.1) is 4.90 Å². The van der Waals surface area contributed by atoms with E-state index < -0.39 is 21.6 Å². The number of amides is 1. The molecule has 1 amide bonds. The van der Waals surface area contributed by atoms with Gasteiger partial charge in [0, 0.05) is 29.2 Å². The molecule has 8 nitrogen and oxygen atoms in total. The number of rotatable bonds is 4. The zero-order chi connectivity index (χ0) is 18.2. The van der Waals surface area contributed by atoms with Crippen LogP contribution in [0, 0.1) is 0 Å². The molecular weight excluding hydrogens is 414 g/mol. The van der Waals surface area contributed by atoms with Gasteiger partial charge in [0.2, 0.25) is 0 Å². The summed E-state index contributed by atoms with van der Waals surface area (Å²) in [6, 6.07) is 8.20. The highest BCUT2D eigenvalue weighted by molar-refractivity contribution is 9.10. The molecule has 0 radical (unpaired) electrons. The van der Waals surface area contributed by atoms with E-state index in [9.17, 15) is 18.0 Å². The lowest BCUT2D eigenvalue weighted by molar-refractivity contribution is 0.0937. The number of aromatic nitrogens is 1. The molecule has 0 bridgehead atoms. The zero-order valence-corrected chi connectivity index (χ0v) is 15.2. The number of aryl methyl sites for hydroxylation is 1. The first-order valence-corrected chi connectivity index (χ1v) is 9.22. The second kappa shape index (κ2) is 6.47. The van der Waals surface area contributed by atoms with Crippen molar-refractivity contribution in [2.24, 2.45) is 7.05 Å². The van der Waals surface area contributed by atoms with Crippen molar-refractivity contribution in [2.75, 3.05) is 0 Å². The Morgan fingerprint density at radius 1 is 1.20 bits per heavy atom. The lowest BCUT2D eigenvalue weighted by Crippen LogP contribution is -2.42. The maximum Gasteiger partial charge on any atom is 0.336 e. The molecule has 25 heavy (non-hydrogen) atoms. The second-order valence-corrected chi connectivity index (χ2v) is 7.77. The molecule has 2 heterocycles. The third-order valence-corrected chi connectivity index (χ3v) is 5.08. The molecule has 0 spiro atoms. The van der Waals surface area contributed by atoms with E-state index >= 15 is 0 Å². The predicted molar refractivity (Wildman–Crippen MR) is 93.4 cm³/mol. The van der Waals surface area contributed by atoms with Gasteiger partial charge in [0.25, 0.3) is 15.9 Å². The lowest BCUT2D eigenvalue weighted by atomic mass is 10.2. The third kappa shape index (κ3) is 3.65. The Morgan fingerprint density at radius 2 is 1.96 bits per heavy atom. The highest BCUT2D eigenvalue weighted by Crippen LogP contribution is 2.17. The number of benzene rings is 1. The smallest absolute Gasteiger partial charge is 0.336 e. The van der Waals surface area contributed by atoms with Crippen LogP contribution in [0.15, 0.2) is 61.2 Å². The minimum atomic E-state index is -3.99. The van der Waals surface area contributed by atoms with Crippen LogP contribution >= 0.6 is 15.9 Å². The van der Waals surface area contributed by atoms with Gasteiger partial charge < -0.3 is 8.98 Å². The van der Waals surface area contributed by atoms with Gasteiger partial charge in [-0.25, -0.2) is 13.2 Å². The fourth-order valence-electron chi connectivity index (χ4n) is 2.20. The van der Waals surface area contributed by atoms with Crippen LogP contribution < -0.4 is 15.9 Å². The van der Waals surface area contributed by atoms with Gasteiger partial charge in [0.1, 0.15) is 11.3 Å². The third-order valence-electron chi connectivity index (χ3n) is 3.40. The number of fused-ring (bicyclic) bond motifs is 1. The van der Waals surface area contributed by atoms with Gasteiger partial charge in [-0.2, -0.15) is 0 Å². The minimum Gasteiger partial charge on any atom is -0.423 e. The topological polar surface area (TPSA) is 110 Å². The average Bonchev–Trinajstić information content (AvgIpc) is 2.90. The summed E-state index contributed by atoms with van der Waals surface area (Å²) in [6.45, 7) is 0. The van der Waals surface area contributed by atoms with Gasteiger partial charge >= 0.3 is 5.63 Å². The molecule has 2 aromatic heterocycles. The molecule has 0 aliphatic heterocycles. The Labute approximate surface area is 150 Å². The van der Waals surface area contributed by atoms with Crippen molar-refractivity contribution in [1.29, 1.82) is 0 Å². The number of sulfonamides is 1. The maximum absolute atomic E-state index is 12.3. The predicted octanol–water partition coefficient (Wildman–Crippen LogP) is 1.52. The first-order valence-electron chi connectivity index (χ1n) is 6.94. The highest BCUT2D eigenvalue weighted by atomic mass is 79.9. The van der Waals surface area contributed by atoms with E-state index in [2.05, 4.69) is 21.4 Å². The average molecular weight is 426 g/mol. The summed E-state index contributed by atoms with van der Waals surface area (Å²) in [5.74, 6) is -0.608. The quantitative estimate of drug-likeness (QED) is 0.486. The fraction of sp³-hybridized carbons (Fsp3) is 0.0667. The summed E-state index contributed by atoms with van der Waals surface area (Å²) in [7, 11) is -2.34. The summed E-state index contributed by atoms with van der Waals surface area (Å²) in [5, 5.41) is 0.445. The highest BCUT2D eigenvalue weighted by Gasteiger charge is 2.18. The Hall–Kier alpha value is -2.43. The number of carbonyl (C=O) groups is 1. The number of nitrogens with one attached hydrogen (secondary N) is 2. The molecule has 0 aliphatic rings. The van der Waals surface area contributed by atoms with E-state index in [1.807, 2.05) is 4.83 Å². The van der Waals surface area contributed by atoms with Crippen molar-refractivity contribution in [1.82, 2.24) is 14.8 Å². The van der Waals surface area contributed by atoms with Gasteiger partial charge in [-0.15, -0.1) is 4.83 Å². The van der Waals surface area contributed by atoms with Crippen LogP contribution in [0.1, 0.15) is 10.5 Å². The van der Waals surface area contributed by atoms with Gasteiger partial charge in [-0.3, -0.25) is 10.2 Å². The van der Waals surface area contributed by atoms with Crippen LogP contribution in [0.4, 0.5) is 0 Å². The minimum absolute atomic E-state index is 0.0813. The summed E-state index contributed by atoms with van der Waals surface area (Å²) >= 11 is 3.24. The van der Waals surface area contributed by atoms with Crippen LogP contribution in [-0.2, 0) is 17.1 Å². The first-order chi connectivity index (χ1) is 11.8. The molecule has 0 fully saturated rings. The van der Waals surface area contributed by atoms with E-state index in [4.69, 9.17) is 4.42 Å². The van der Waals surface area contributed by atoms with Crippen LogP contribution in [-0.4, -0.2) is 18.9 Å². The number of hydrazine groups is 1. The van der Waals surface area contributed by atoms with Crippen molar-refractivity contribution in [2.45, 2.75) is 4.90 Å². The Kier molecular flexibility index (Phi) is 4.50. The number of hydrogen-bond acceptors (Lipinski definition) is 5. The molecule has 0 atom stereocenters. The molecule has 0 saturated carbocycles. The molecule has 3 aromatic rings. The van der Waals surface area contributed by atoms with Crippen molar-refractivity contribution < 1.29 is 17.6 Å². The number of hydrogen-bond donors (Lipinski definition) is 2. The van der Waals surface area contributed by atoms with Crippen LogP contribution in [0.3, 0.4) is 0 Å². The molecule has 3 rings (SSSR count). The molecule has 0 unspecified atom stereocenters. The molecule has 10 heteroatoms. The van der Waals surface area contributed by atoms with Crippen molar-refractivity contribution in [3.05, 3.63) is 63.2 Å². The maximum atomic E-state index is 12.3. The van der Waals surface area contributed by atoms with Gasteiger partial charge in [-0.1, -0.05) is 0 Å². The zero-order valence-electron chi connectivity index (χ0n) is 12.8. The summed E-state index contributed by atoms with van der Waals surface area (Å²) < 4.78 is 31.9. The molecule has 1 aromatic carbocycles. The summed E-state index contributed by atoms with van der Waals surface area (Å²) in [4.78, 5) is 25.2. The van der Waals surface area contributed by atoms with Crippen molar-refractivity contribution in [3.8, 4) is 0 Å². The number of nitrogens with zero attached hydrogens (tertiary/aromatic N) is 1. The van der Waals surface area contributed by atoms with Crippen LogP contribution in [0.5, 0.6) is 0 Å². The Balaban J connectivity index is 1.82. The lowest BCUT2D eigenvalue weighted by Gasteiger charge is -2.09. The standard InChI is InChI=1S/C15H12BrN3O5S/c1-19-8-10(16)7-12(19)15(21)17-18-25(22,23)11-3-4-13-9(6-11)2-5-14(20)24-13/h2-8,18H,1H3,(H,17,21). The van der Waals surface area contributed by atoms with Crippen LogP contribution in [0.25, 0.3) is 11.0 Å². The monoisotopic (exact) mass is 425 g/mol. The van der Waals surface area contributed by atoms with E-state index in [0.717, 1.165) is 0 Å². The fourth-order valence-corrected chi connectivity index (χ4v) is 3.60. The molecule has 0 saturated heterocycles. The first kappa shape index (κ1) is 17.4. The normalized spacial score (nSPS) is 11.6. The second-order valence-electron chi connectivity index (χ2n) is 5.17. The van der Waals surface area contributed by atoms with Gasteiger partial charge in [0.15, 0.2) is 0 Å². The van der Waals surface area contributed by atoms with Crippen molar-refractivity contribution in [3.63, 3.8) is 0 Å². The van der Waals surface area contributed by atoms with Gasteiger partial charge in [-0.05, 0) is 46.3 Å². The van der Waals surface area contributed by atoms with E-state index in [1.54, 1.807) is 23.9 Å². The van der Waals surface area contributed by atoms with E-state index in [1.165, 1.54) is 30.3 Å². The van der Waals surface area contributed by atoms with E-state index in [-0.39, 0.29) is 16.2 Å². The van der Waals surface area contributed by atoms with Crippen LogP contribution in [0.2, 0.25) is 0 Å². The Morgan fingerprint density at radius 3 is 2.64 bits per heavy atom. The summed E-state index contributed by atoms with van der Waals surface area (Å²) in [6.07, 6.45) is 1.67. The van der Waals surface area contributed by atoms with Crippen molar-refractivity contribution >= 4 is 42.8 Å². The molecule has 130 valence electrons. The molecule has 2 N–H and O–H groups in total.